The fraction of sp³-hybridized carbons (Fsp3) is 0.190. The molecule has 3 aromatic rings. The topological polar surface area (TPSA) is 61.2 Å². The van der Waals surface area contributed by atoms with E-state index in [1.54, 1.807) is 6.92 Å². The zero-order valence-corrected chi connectivity index (χ0v) is 16.1. The highest BCUT2D eigenvalue weighted by Gasteiger charge is 2.26. The van der Waals surface area contributed by atoms with Gasteiger partial charge in [-0.3, -0.25) is 4.79 Å². The molecule has 0 amide bonds. The van der Waals surface area contributed by atoms with Crippen LogP contribution in [0.3, 0.4) is 0 Å². The molecule has 0 bridgehead atoms. The Bertz CT molecular complexity index is 1000. The second-order valence-electron chi connectivity index (χ2n) is 6.31. The van der Waals surface area contributed by atoms with Gasteiger partial charge in [0, 0.05) is 5.56 Å². The van der Waals surface area contributed by atoms with E-state index in [9.17, 15) is 14.0 Å². The molecule has 7 heteroatoms. The summed E-state index contributed by atoms with van der Waals surface area (Å²) in [5.41, 5.74) is 1.76. The number of hydrogen-bond donors (Lipinski definition) is 0. The monoisotopic (exact) mass is 400 g/mol. The molecule has 0 aliphatic heterocycles. The average Bonchev–Trinajstić information content (AvgIpc) is 2.95. The number of carbonyl (C=O) groups excluding carboxylic acids is 2. The Labute approximate surface area is 166 Å². The minimum absolute atomic E-state index is 0.122. The van der Waals surface area contributed by atoms with E-state index in [1.807, 2.05) is 30.3 Å². The van der Waals surface area contributed by atoms with Crippen LogP contribution in [-0.2, 0) is 11.3 Å². The summed E-state index contributed by atoms with van der Waals surface area (Å²) in [6, 6.07) is 14.6. The molecule has 0 aliphatic carbocycles. The number of rotatable bonds is 6. The summed E-state index contributed by atoms with van der Waals surface area (Å²) in [4.78, 5) is 25.0. The lowest BCUT2D eigenvalue weighted by atomic mass is 10.1. The van der Waals surface area contributed by atoms with Crippen molar-refractivity contribution in [2.45, 2.75) is 26.5 Å². The van der Waals surface area contributed by atoms with Gasteiger partial charge < -0.3 is 4.74 Å². The summed E-state index contributed by atoms with van der Waals surface area (Å²) >= 11 is 6.34. The minimum atomic E-state index is -1.05. The van der Waals surface area contributed by atoms with Crippen LogP contribution in [0.1, 0.15) is 38.9 Å². The number of aromatic nitrogens is 2. The van der Waals surface area contributed by atoms with Gasteiger partial charge in [-0.15, -0.1) is 0 Å². The van der Waals surface area contributed by atoms with Gasteiger partial charge >= 0.3 is 5.97 Å². The number of halogens is 2. The van der Waals surface area contributed by atoms with Gasteiger partial charge in [-0.1, -0.05) is 41.9 Å². The van der Waals surface area contributed by atoms with Crippen LogP contribution in [0.15, 0.2) is 54.6 Å². The number of hydrogen-bond acceptors (Lipinski definition) is 4. The van der Waals surface area contributed by atoms with Crippen LogP contribution in [-0.4, -0.2) is 27.6 Å². The lowest BCUT2D eigenvalue weighted by Gasteiger charge is -2.12. The first kappa shape index (κ1) is 19.8. The Morgan fingerprint density at radius 1 is 1.14 bits per heavy atom. The maximum Gasteiger partial charge on any atom is 0.343 e. The summed E-state index contributed by atoms with van der Waals surface area (Å²) in [7, 11) is 0. The molecule has 1 aromatic heterocycles. The van der Waals surface area contributed by atoms with E-state index in [0.717, 1.165) is 5.56 Å². The number of benzene rings is 2. The van der Waals surface area contributed by atoms with Crippen LogP contribution >= 0.6 is 11.6 Å². The molecule has 0 N–H and O–H groups in total. The van der Waals surface area contributed by atoms with E-state index in [0.29, 0.717) is 12.2 Å². The maximum absolute atomic E-state index is 13.0. The molecule has 3 rings (SSSR count). The van der Waals surface area contributed by atoms with E-state index in [1.165, 1.54) is 35.9 Å². The molecule has 0 saturated carbocycles. The second kappa shape index (κ2) is 8.35. The van der Waals surface area contributed by atoms with Crippen molar-refractivity contribution in [1.82, 2.24) is 9.78 Å². The van der Waals surface area contributed by atoms with Crippen molar-refractivity contribution in [2.75, 3.05) is 0 Å². The van der Waals surface area contributed by atoms with Gasteiger partial charge in [-0.2, -0.15) is 5.10 Å². The van der Waals surface area contributed by atoms with Crippen LogP contribution in [0, 0.1) is 12.7 Å². The van der Waals surface area contributed by atoms with Crippen molar-refractivity contribution >= 4 is 23.4 Å². The fourth-order valence-electron chi connectivity index (χ4n) is 2.77. The van der Waals surface area contributed by atoms with E-state index < -0.39 is 23.7 Å². The first-order chi connectivity index (χ1) is 13.4. The lowest BCUT2D eigenvalue weighted by molar-refractivity contribution is 0.0318. The number of carbonyl (C=O) groups is 2. The summed E-state index contributed by atoms with van der Waals surface area (Å²) in [6.07, 6.45) is -1.05. The van der Waals surface area contributed by atoms with Gasteiger partial charge in [0.05, 0.1) is 12.2 Å². The van der Waals surface area contributed by atoms with E-state index in [4.69, 9.17) is 16.3 Å². The van der Waals surface area contributed by atoms with Gasteiger partial charge in [-0.25, -0.2) is 13.9 Å². The van der Waals surface area contributed by atoms with Crippen LogP contribution < -0.4 is 0 Å². The predicted octanol–water partition coefficient (Wildman–Crippen LogP) is 4.46. The third-order valence-electron chi connectivity index (χ3n) is 4.23. The summed E-state index contributed by atoms with van der Waals surface area (Å²) in [5.74, 6) is -1.61. The molecular weight excluding hydrogens is 383 g/mol. The number of nitrogens with zero attached hydrogens (tertiary/aromatic N) is 2. The molecule has 5 nitrogen and oxygen atoms in total. The number of ketones is 1. The molecule has 1 heterocycles. The van der Waals surface area contributed by atoms with Crippen molar-refractivity contribution in [3.63, 3.8) is 0 Å². The van der Waals surface area contributed by atoms with Gasteiger partial charge in [0.1, 0.15) is 16.5 Å². The van der Waals surface area contributed by atoms with Crippen molar-refractivity contribution in [3.05, 3.63) is 88.0 Å². The third kappa shape index (κ3) is 4.28. The Kier molecular flexibility index (Phi) is 5.90. The highest BCUT2D eigenvalue weighted by molar-refractivity contribution is 6.32. The largest absolute Gasteiger partial charge is 0.451 e. The molecule has 28 heavy (non-hydrogen) atoms. The standard InChI is InChI=1S/C21H18ClFN2O3/c1-13-18(20(22)25(24-13)12-15-6-4-3-5-7-15)21(27)28-14(2)19(26)16-8-10-17(23)11-9-16/h3-11,14H,12H2,1-2H3/t14-/m0/s1. The molecule has 0 radical (unpaired) electrons. The normalized spacial score (nSPS) is 11.9. The van der Waals surface area contributed by atoms with Gasteiger partial charge in [0.25, 0.3) is 0 Å². The molecule has 0 fully saturated rings. The summed E-state index contributed by atoms with van der Waals surface area (Å²) in [6.45, 7) is 3.51. The van der Waals surface area contributed by atoms with Crippen molar-refractivity contribution in [3.8, 4) is 0 Å². The molecular formula is C21H18ClFN2O3. The molecule has 2 aromatic carbocycles. The molecule has 144 valence electrons. The van der Waals surface area contributed by atoms with Crippen molar-refractivity contribution in [2.24, 2.45) is 0 Å². The van der Waals surface area contributed by atoms with Crippen LogP contribution in [0.4, 0.5) is 4.39 Å². The number of Topliss-reactive ketones (excluding diaryl/α,β-unsaturated/α-hetero) is 1. The van der Waals surface area contributed by atoms with E-state index in [2.05, 4.69) is 5.10 Å². The van der Waals surface area contributed by atoms with E-state index in [-0.39, 0.29) is 16.3 Å². The van der Waals surface area contributed by atoms with Gasteiger partial charge in [0.15, 0.2) is 6.10 Å². The lowest BCUT2D eigenvalue weighted by Crippen LogP contribution is -2.24. The SMILES string of the molecule is Cc1nn(Cc2ccccc2)c(Cl)c1C(=O)O[C@@H](C)C(=O)c1ccc(F)cc1. The zero-order chi connectivity index (χ0) is 20.3. The molecule has 0 aliphatic rings. The number of esters is 1. The molecule has 0 saturated heterocycles. The maximum atomic E-state index is 13.0. The quantitative estimate of drug-likeness (QED) is 0.452. The smallest absolute Gasteiger partial charge is 0.343 e. The zero-order valence-electron chi connectivity index (χ0n) is 15.4. The highest BCUT2D eigenvalue weighted by Crippen LogP contribution is 2.23. The first-order valence-corrected chi connectivity index (χ1v) is 9.02. The molecule has 1 atom stereocenters. The fourth-order valence-corrected chi connectivity index (χ4v) is 3.08. The minimum Gasteiger partial charge on any atom is -0.451 e. The van der Waals surface area contributed by atoms with Gasteiger partial charge in [-0.05, 0) is 43.7 Å². The Morgan fingerprint density at radius 3 is 2.43 bits per heavy atom. The van der Waals surface area contributed by atoms with Crippen molar-refractivity contribution < 1.29 is 18.7 Å². The summed E-state index contributed by atoms with van der Waals surface area (Å²) in [5, 5.41) is 4.45. The average molecular weight is 401 g/mol. The first-order valence-electron chi connectivity index (χ1n) is 8.64. The van der Waals surface area contributed by atoms with Crippen LogP contribution in [0.5, 0.6) is 0 Å². The van der Waals surface area contributed by atoms with E-state index >= 15 is 0 Å². The molecule has 0 unspecified atom stereocenters. The van der Waals surface area contributed by atoms with Crippen LogP contribution in [0.2, 0.25) is 5.15 Å². The Hall–Kier alpha value is -2.99. The number of ether oxygens (including phenoxy) is 1. The van der Waals surface area contributed by atoms with Gasteiger partial charge in [0.2, 0.25) is 5.78 Å². The predicted molar refractivity (Wildman–Crippen MR) is 103 cm³/mol. The summed E-state index contributed by atoms with van der Waals surface area (Å²) < 4.78 is 19.8. The highest BCUT2D eigenvalue weighted by atomic mass is 35.5. The third-order valence-corrected chi connectivity index (χ3v) is 4.61. The van der Waals surface area contributed by atoms with Crippen LogP contribution in [0.25, 0.3) is 0 Å². The number of aryl methyl sites for hydroxylation is 1. The second-order valence-corrected chi connectivity index (χ2v) is 6.67. The van der Waals surface area contributed by atoms with Crippen molar-refractivity contribution in [1.29, 1.82) is 0 Å². The molecule has 0 spiro atoms. The Morgan fingerprint density at radius 2 is 1.79 bits per heavy atom. The Balaban J connectivity index is 1.75.